The maximum atomic E-state index is 6.47. The van der Waals surface area contributed by atoms with Crippen molar-refractivity contribution in [1.29, 1.82) is 0 Å². The zero-order valence-electron chi connectivity index (χ0n) is 18.0. The largest absolute Gasteiger partial charge is 0.491 e. The molecule has 0 spiro atoms. The van der Waals surface area contributed by atoms with Crippen molar-refractivity contribution in [3.05, 3.63) is 94.5 Å². The molecular weight excluding hydrogens is 388 g/mol. The van der Waals surface area contributed by atoms with Gasteiger partial charge < -0.3 is 18.9 Å². The normalized spacial score (nSPS) is 22.3. The highest BCUT2D eigenvalue weighted by molar-refractivity contribution is 5.35. The van der Waals surface area contributed by atoms with Crippen LogP contribution in [0.15, 0.2) is 66.7 Å². The minimum absolute atomic E-state index is 0.0204. The van der Waals surface area contributed by atoms with Gasteiger partial charge in [0, 0.05) is 6.42 Å². The van der Waals surface area contributed by atoms with Crippen molar-refractivity contribution < 1.29 is 18.9 Å². The van der Waals surface area contributed by atoms with Crippen molar-refractivity contribution in [2.45, 2.75) is 51.8 Å². The van der Waals surface area contributed by atoms with Crippen LogP contribution in [0.4, 0.5) is 0 Å². The number of hydrogen-bond donors (Lipinski definition) is 0. The Morgan fingerprint density at radius 1 is 0.806 bits per heavy atom. The standard InChI is InChI=1S/C27H28O4/c1-18-3-9-23(10-4-18)29-17-27-26(30-24-11-5-19(2)6-12-24)14-25(31-27)20-7-8-21-15-28-16-22(21)13-20/h3-13,25-27H,14-17H2,1-2H3/t25?,26-,27+/m0/s1. The molecule has 0 N–H and O–H groups in total. The summed E-state index contributed by atoms with van der Waals surface area (Å²) in [4.78, 5) is 0. The van der Waals surface area contributed by atoms with E-state index in [-0.39, 0.29) is 18.3 Å². The molecule has 2 heterocycles. The molecule has 3 aromatic rings. The Morgan fingerprint density at radius 3 is 2.23 bits per heavy atom. The van der Waals surface area contributed by atoms with Crippen molar-refractivity contribution in [3.63, 3.8) is 0 Å². The van der Waals surface area contributed by atoms with Gasteiger partial charge >= 0.3 is 0 Å². The summed E-state index contributed by atoms with van der Waals surface area (Å²) in [5.74, 6) is 1.71. The number of ether oxygens (including phenoxy) is 4. The summed E-state index contributed by atoms with van der Waals surface area (Å²) in [5.41, 5.74) is 6.14. The third-order valence-electron chi connectivity index (χ3n) is 6.06. The molecule has 4 nitrogen and oxygen atoms in total. The first-order valence-electron chi connectivity index (χ1n) is 10.9. The Hall–Kier alpha value is -2.82. The first-order chi connectivity index (χ1) is 15.1. The minimum atomic E-state index is -0.155. The van der Waals surface area contributed by atoms with Crippen LogP contribution in [0.5, 0.6) is 11.5 Å². The molecule has 3 aromatic carbocycles. The Bertz CT molecular complexity index is 1030. The van der Waals surface area contributed by atoms with Gasteiger partial charge in [-0.1, -0.05) is 53.6 Å². The topological polar surface area (TPSA) is 36.9 Å². The summed E-state index contributed by atoms with van der Waals surface area (Å²) in [5, 5.41) is 0. The average molecular weight is 417 g/mol. The number of hydrogen-bond acceptors (Lipinski definition) is 4. The molecule has 2 aliphatic rings. The second-order valence-corrected chi connectivity index (χ2v) is 8.51. The third kappa shape index (κ3) is 4.60. The highest BCUT2D eigenvalue weighted by Crippen LogP contribution is 2.37. The lowest BCUT2D eigenvalue weighted by Crippen LogP contribution is -2.32. The maximum Gasteiger partial charge on any atom is 0.131 e. The van der Waals surface area contributed by atoms with Crippen LogP contribution < -0.4 is 9.47 Å². The lowest BCUT2D eigenvalue weighted by atomic mass is 10.00. The zero-order chi connectivity index (χ0) is 21.2. The molecule has 0 bridgehead atoms. The summed E-state index contributed by atoms with van der Waals surface area (Å²) in [7, 11) is 0. The Kier molecular flexibility index (Phi) is 5.66. The van der Waals surface area contributed by atoms with E-state index in [4.69, 9.17) is 18.9 Å². The van der Waals surface area contributed by atoms with E-state index < -0.39 is 0 Å². The summed E-state index contributed by atoms with van der Waals surface area (Å²) in [6.45, 7) is 5.98. The van der Waals surface area contributed by atoms with E-state index in [9.17, 15) is 0 Å². The van der Waals surface area contributed by atoms with Crippen molar-refractivity contribution in [2.24, 2.45) is 0 Å². The number of rotatable bonds is 6. The van der Waals surface area contributed by atoms with E-state index in [1.54, 1.807) is 0 Å². The van der Waals surface area contributed by atoms with E-state index in [1.165, 1.54) is 27.8 Å². The SMILES string of the molecule is Cc1ccc(OC[C@H]2OC(c3ccc4c(c3)COC4)C[C@@H]2Oc2ccc(C)cc2)cc1. The van der Waals surface area contributed by atoms with Crippen LogP contribution in [0, 0.1) is 13.8 Å². The Balaban J connectivity index is 1.33. The molecule has 2 aliphatic heterocycles. The molecule has 0 radical (unpaired) electrons. The van der Waals surface area contributed by atoms with Gasteiger partial charge in [-0.15, -0.1) is 0 Å². The molecule has 4 heteroatoms. The Labute approximate surface area is 183 Å². The molecular formula is C27H28O4. The number of benzene rings is 3. The molecule has 0 amide bonds. The highest BCUT2D eigenvalue weighted by Gasteiger charge is 2.38. The van der Waals surface area contributed by atoms with Gasteiger partial charge in [-0.2, -0.15) is 0 Å². The maximum absolute atomic E-state index is 6.47. The number of aryl methyl sites for hydroxylation is 2. The fraction of sp³-hybridized carbons (Fsp3) is 0.333. The van der Waals surface area contributed by atoms with Crippen LogP contribution in [0.3, 0.4) is 0 Å². The lowest BCUT2D eigenvalue weighted by molar-refractivity contribution is -0.0107. The van der Waals surface area contributed by atoms with Gasteiger partial charge in [-0.3, -0.25) is 0 Å². The summed E-state index contributed by atoms with van der Waals surface area (Å²) in [6.07, 6.45) is 0.530. The van der Waals surface area contributed by atoms with Crippen molar-refractivity contribution in [1.82, 2.24) is 0 Å². The quantitative estimate of drug-likeness (QED) is 0.517. The monoisotopic (exact) mass is 416 g/mol. The first kappa shape index (κ1) is 20.1. The van der Waals surface area contributed by atoms with Gasteiger partial charge in [0.1, 0.15) is 30.3 Å². The summed E-state index contributed by atoms with van der Waals surface area (Å²) < 4.78 is 24.5. The van der Waals surface area contributed by atoms with Gasteiger partial charge in [0.2, 0.25) is 0 Å². The molecule has 160 valence electrons. The predicted molar refractivity (Wildman–Crippen MR) is 119 cm³/mol. The van der Waals surface area contributed by atoms with Crippen molar-refractivity contribution in [3.8, 4) is 11.5 Å². The molecule has 1 fully saturated rings. The highest BCUT2D eigenvalue weighted by atomic mass is 16.6. The second kappa shape index (κ2) is 8.74. The fourth-order valence-corrected chi connectivity index (χ4v) is 4.20. The van der Waals surface area contributed by atoms with Crippen LogP contribution in [-0.4, -0.2) is 18.8 Å². The van der Waals surface area contributed by atoms with Gasteiger partial charge in [0.15, 0.2) is 0 Å². The van der Waals surface area contributed by atoms with Crippen LogP contribution >= 0.6 is 0 Å². The van der Waals surface area contributed by atoms with Crippen LogP contribution in [0.1, 0.15) is 40.3 Å². The van der Waals surface area contributed by atoms with Crippen LogP contribution in [-0.2, 0) is 22.7 Å². The van der Waals surface area contributed by atoms with E-state index in [1.807, 2.05) is 24.3 Å². The van der Waals surface area contributed by atoms with Crippen molar-refractivity contribution in [2.75, 3.05) is 6.61 Å². The molecule has 0 saturated carbocycles. The van der Waals surface area contributed by atoms with Gasteiger partial charge in [0.25, 0.3) is 0 Å². The van der Waals surface area contributed by atoms with E-state index in [2.05, 4.69) is 56.3 Å². The predicted octanol–water partition coefficient (Wildman–Crippen LogP) is 5.69. The molecule has 1 saturated heterocycles. The molecule has 0 aromatic heterocycles. The molecule has 1 unspecified atom stereocenters. The smallest absolute Gasteiger partial charge is 0.131 e. The van der Waals surface area contributed by atoms with Gasteiger partial charge in [0.05, 0.1) is 19.3 Å². The van der Waals surface area contributed by atoms with Gasteiger partial charge in [-0.25, -0.2) is 0 Å². The lowest BCUT2D eigenvalue weighted by Gasteiger charge is -2.20. The molecule has 5 rings (SSSR count). The Morgan fingerprint density at radius 2 is 1.48 bits per heavy atom. The van der Waals surface area contributed by atoms with Crippen LogP contribution in [0.2, 0.25) is 0 Å². The van der Waals surface area contributed by atoms with Crippen molar-refractivity contribution >= 4 is 0 Å². The molecule has 31 heavy (non-hydrogen) atoms. The second-order valence-electron chi connectivity index (χ2n) is 8.51. The van der Waals surface area contributed by atoms with Crippen LogP contribution in [0.25, 0.3) is 0 Å². The third-order valence-corrected chi connectivity index (χ3v) is 6.06. The van der Waals surface area contributed by atoms with Gasteiger partial charge in [-0.05, 0) is 54.8 Å². The first-order valence-corrected chi connectivity index (χ1v) is 10.9. The minimum Gasteiger partial charge on any atom is -0.491 e. The summed E-state index contributed by atoms with van der Waals surface area (Å²) >= 11 is 0. The average Bonchev–Trinajstić information content (AvgIpc) is 3.41. The fourth-order valence-electron chi connectivity index (χ4n) is 4.20. The van der Waals surface area contributed by atoms with E-state index in [0.717, 1.165) is 17.9 Å². The van der Waals surface area contributed by atoms with E-state index in [0.29, 0.717) is 19.8 Å². The summed E-state index contributed by atoms with van der Waals surface area (Å²) in [6, 6.07) is 22.8. The zero-order valence-corrected chi connectivity index (χ0v) is 18.0. The number of fused-ring (bicyclic) bond motifs is 1. The van der Waals surface area contributed by atoms with E-state index >= 15 is 0 Å². The molecule has 3 atom stereocenters. The molecule has 0 aliphatic carbocycles.